The fourth-order valence-electron chi connectivity index (χ4n) is 1.65. The summed E-state index contributed by atoms with van der Waals surface area (Å²) in [6, 6.07) is 0. The molecule has 5 heteroatoms. The summed E-state index contributed by atoms with van der Waals surface area (Å²) in [5.74, 6) is 1.57. The molecule has 0 aliphatic heterocycles. The van der Waals surface area contributed by atoms with E-state index in [9.17, 15) is 0 Å². The largest absolute Gasteiger partial charge is 0.385 e. The predicted octanol–water partition coefficient (Wildman–Crippen LogP) is 2.69. The molecule has 0 aliphatic rings. The van der Waals surface area contributed by atoms with Gasteiger partial charge in [0.1, 0.15) is 5.82 Å². The summed E-state index contributed by atoms with van der Waals surface area (Å²) in [4.78, 5) is 8.72. The lowest BCUT2D eigenvalue weighted by Crippen LogP contribution is -2.25. The highest BCUT2D eigenvalue weighted by atomic mass is 16.5. The highest BCUT2D eigenvalue weighted by Gasteiger charge is 2.18. The summed E-state index contributed by atoms with van der Waals surface area (Å²) in [5, 5.41) is 6.54. The topological polar surface area (TPSA) is 59.1 Å². The molecule has 0 unspecified atom stereocenters. The number of rotatable bonds is 8. The third-order valence-corrected chi connectivity index (χ3v) is 3.02. The van der Waals surface area contributed by atoms with Gasteiger partial charge in [-0.2, -0.15) is 4.98 Å². The van der Waals surface area contributed by atoms with E-state index >= 15 is 0 Å². The van der Waals surface area contributed by atoms with E-state index in [4.69, 9.17) is 4.74 Å². The summed E-state index contributed by atoms with van der Waals surface area (Å²) >= 11 is 0. The molecule has 0 spiro atoms. The van der Waals surface area contributed by atoms with Crippen LogP contribution in [0.1, 0.15) is 32.8 Å². The first-order chi connectivity index (χ1) is 8.98. The van der Waals surface area contributed by atoms with Crippen LogP contribution in [0.25, 0.3) is 0 Å². The summed E-state index contributed by atoms with van der Waals surface area (Å²) < 4.78 is 5.14. The van der Waals surface area contributed by atoms with Crippen molar-refractivity contribution < 1.29 is 4.74 Å². The molecule has 0 aliphatic carbocycles. The van der Waals surface area contributed by atoms with Gasteiger partial charge in [0, 0.05) is 38.6 Å². The SMILES string of the molecule is CCNc1ncc(C)c(NCC(C)(C)CCOC)n1. The zero-order chi connectivity index (χ0) is 14.3. The average molecular weight is 266 g/mol. The number of hydrogen-bond donors (Lipinski definition) is 2. The number of nitrogens with zero attached hydrogens (tertiary/aromatic N) is 2. The van der Waals surface area contributed by atoms with Gasteiger partial charge in [0.25, 0.3) is 0 Å². The second-order valence-corrected chi connectivity index (χ2v) is 5.52. The minimum atomic E-state index is 0.172. The van der Waals surface area contributed by atoms with Crippen molar-refractivity contribution in [2.24, 2.45) is 5.41 Å². The van der Waals surface area contributed by atoms with Crippen LogP contribution in [0.5, 0.6) is 0 Å². The highest BCUT2D eigenvalue weighted by Crippen LogP contribution is 2.22. The van der Waals surface area contributed by atoms with Crippen LogP contribution in [0.2, 0.25) is 0 Å². The number of ether oxygens (including phenoxy) is 1. The summed E-state index contributed by atoms with van der Waals surface area (Å²) in [6.07, 6.45) is 2.86. The van der Waals surface area contributed by atoms with Crippen molar-refractivity contribution >= 4 is 11.8 Å². The van der Waals surface area contributed by atoms with Gasteiger partial charge in [-0.3, -0.25) is 0 Å². The maximum atomic E-state index is 5.14. The normalized spacial score (nSPS) is 11.4. The molecule has 0 amide bonds. The molecule has 19 heavy (non-hydrogen) atoms. The predicted molar refractivity (Wildman–Crippen MR) is 79.7 cm³/mol. The minimum Gasteiger partial charge on any atom is -0.385 e. The van der Waals surface area contributed by atoms with Crippen LogP contribution in [0.15, 0.2) is 6.20 Å². The fraction of sp³-hybridized carbons (Fsp3) is 0.714. The van der Waals surface area contributed by atoms with Crippen LogP contribution in [-0.2, 0) is 4.74 Å². The van der Waals surface area contributed by atoms with Gasteiger partial charge in [0.15, 0.2) is 0 Å². The molecule has 0 atom stereocenters. The molecular weight excluding hydrogens is 240 g/mol. The average Bonchev–Trinajstić information content (AvgIpc) is 2.37. The summed E-state index contributed by atoms with van der Waals surface area (Å²) in [5.41, 5.74) is 1.23. The van der Waals surface area contributed by atoms with E-state index in [-0.39, 0.29) is 5.41 Å². The van der Waals surface area contributed by atoms with Gasteiger partial charge in [-0.1, -0.05) is 13.8 Å². The van der Waals surface area contributed by atoms with E-state index in [1.54, 1.807) is 7.11 Å². The van der Waals surface area contributed by atoms with Crippen molar-refractivity contribution in [1.82, 2.24) is 9.97 Å². The van der Waals surface area contributed by atoms with Crippen molar-refractivity contribution in [3.8, 4) is 0 Å². The lowest BCUT2D eigenvalue weighted by atomic mass is 9.90. The Morgan fingerprint density at radius 2 is 2.05 bits per heavy atom. The number of aryl methyl sites for hydroxylation is 1. The number of anilines is 2. The van der Waals surface area contributed by atoms with Crippen molar-refractivity contribution in [1.29, 1.82) is 0 Å². The Hall–Kier alpha value is -1.36. The molecule has 0 bridgehead atoms. The minimum absolute atomic E-state index is 0.172. The van der Waals surface area contributed by atoms with E-state index in [2.05, 4.69) is 34.4 Å². The first-order valence-corrected chi connectivity index (χ1v) is 6.79. The Morgan fingerprint density at radius 3 is 2.68 bits per heavy atom. The van der Waals surface area contributed by atoms with E-state index < -0.39 is 0 Å². The van der Waals surface area contributed by atoms with E-state index in [0.717, 1.165) is 37.5 Å². The van der Waals surface area contributed by atoms with Crippen molar-refractivity contribution in [3.05, 3.63) is 11.8 Å². The molecule has 2 N–H and O–H groups in total. The number of nitrogens with one attached hydrogen (secondary N) is 2. The Kier molecular flexibility index (Phi) is 6.02. The molecule has 0 saturated carbocycles. The number of hydrogen-bond acceptors (Lipinski definition) is 5. The molecule has 1 aromatic heterocycles. The fourth-order valence-corrected chi connectivity index (χ4v) is 1.65. The van der Waals surface area contributed by atoms with Crippen LogP contribution in [0.4, 0.5) is 11.8 Å². The maximum absolute atomic E-state index is 5.14. The Balaban J connectivity index is 2.63. The summed E-state index contributed by atoms with van der Waals surface area (Å²) in [6.45, 7) is 11.0. The van der Waals surface area contributed by atoms with Crippen LogP contribution >= 0.6 is 0 Å². The second kappa shape index (κ2) is 7.28. The molecule has 1 aromatic rings. The van der Waals surface area contributed by atoms with Crippen LogP contribution in [0, 0.1) is 12.3 Å². The van der Waals surface area contributed by atoms with E-state index in [1.165, 1.54) is 0 Å². The number of aromatic nitrogens is 2. The third-order valence-electron chi connectivity index (χ3n) is 3.02. The van der Waals surface area contributed by atoms with E-state index in [0.29, 0.717) is 5.95 Å². The number of methoxy groups -OCH3 is 1. The Bertz CT molecular complexity index is 393. The molecule has 1 heterocycles. The lowest BCUT2D eigenvalue weighted by Gasteiger charge is -2.25. The molecule has 0 fully saturated rings. The molecule has 0 radical (unpaired) electrons. The van der Waals surface area contributed by atoms with Crippen LogP contribution in [0.3, 0.4) is 0 Å². The maximum Gasteiger partial charge on any atom is 0.224 e. The van der Waals surface area contributed by atoms with Gasteiger partial charge < -0.3 is 15.4 Å². The van der Waals surface area contributed by atoms with Gasteiger partial charge in [0.2, 0.25) is 5.95 Å². The van der Waals surface area contributed by atoms with Crippen molar-refractivity contribution in [2.75, 3.05) is 37.4 Å². The van der Waals surface area contributed by atoms with Crippen molar-refractivity contribution in [2.45, 2.75) is 34.1 Å². The lowest BCUT2D eigenvalue weighted by molar-refractivity contribution is 0.157. The summed E-state index contributed by atoms with van der Waals surface area (Å²) in [7, 11) is 1.74. The van der Waals surface area contributed by atoms with Gasteiger partial charge in [0.05, 0.1) is 0 Å². The molecule has 0 aromatic carbocycles. The molecular formula is C14H26N4O. The van der Waals surface area contributed by atoms with Crippen molar-refractivity contribution in [3.63, 3.8) is 0 Å². The molecule has 5 nitrogen and oxygen atoms in total. The molecule has 0 saturated heterocycles. The zero-order valence-corrected chi connectivity index (χ0v) is 12.7. The monoisotopic (exact) mass is 266 g/mol. The molecule has 108 valence electrons. The quantitative estimate of drug-likeness (QED) is 0.757. The second-order valence-electron chi connectivity index (χ2n) is 5.52. The third kappa shape index (κ3) is 5.42. The standard InChI is InChI=1S/C14H26N4O/c1-6-15-13-16-9-11(2)12(18-13)17-10-14(3,4)7-8-19-5/h9H,6-8,10H2,1-5H3,(H2,15,16,17,18). The van der Waals surface area contributed by atoms with Gasteiger partial charge >= 0.3 is 0 Å². The van der Waals surface area contributed by atoms with Crippen LogP contribution < -0.4 is 10.6 Å². The zero-order valence-electron chi connectivity index (χ0n) is 12.7. The van der Waals surface area contributed by atoms with Crippen LogP contribution in [-0.4, -0.2) is 36.8 Å². The van der Waals surface area contributed by atoms with Gasteiger partial charge in [-0.05, 0) is 25.7 Å². The smallest absolute Gasteiger partial charge is 0.224 e. The Labute approximate surface area is 116 Å². The van der Waals surface area contributed by atoms with E-state index in [1.807, 2.05) is 20.0 Å². The first-order valence-electron chi connectivity index (χ1n) is 6.79. The first kappa shape index (κ1) is 15.7. The van der Waals surface area contributed by atoms with Gasteiger partial charge in [-0.25, -0.2) is 4.98 Å². The van der Waals surface area contributed by atoms with Gasteiger partial charge in [-0.15, -0.1) is 0 Å². The molecule has 1 rings (SSSR count). The highest BCUT2D eigenvalue weighted by molar-refractivity contribution is 5.46. The Morgan fingerprint density at radius 1 is 1.32 bits per heavy atom.